The number of carbonyl (C=O) groups is 2. The van der Waals surface area contributed by atoms with E-state index in [1.54, 1.807) is 18.2 Å². The first-order valence-corrected chi connectivity index (χ1v) is 11.8. The number of methoxy groups -OCH3 is 1. The largest absolute Gasteiger partial charge is 0.493 e. The van der Waals surface area contributed by atoms with Crippen molar-refractivity contribution in [2.75, 3.05) is 44.8 Å². The Hall–Kier alpha value is -3.26. The van der Waals surface area contributed by atoms with Gasteiger partial charge in [-0.15, -0.1) is 0 Å². The maximum atomic E-state index is 13.1. The van der Waals surface area contributed by atoms with Crippen LogP contribution < -0.4 is 19.1 Å². The van der Waals surface area contributed by atoms with Crippen LogP contribution in [0.25, 0.3) is 0 Å². The Bertz CT molecular complexity index is 1020. The number of hydrogen-bond donors (Lipinski definition) is 1. The third kappa shape index (κ3) is 5.44. The Morgan fingerprint density at radius 3 is 2.62 bits per heavy atom. The van der Waals surface area contributed by atoms with Crippen molar-refractivity contribution in [3.05, 3.63) is 48.0 Å². The summed E-state index contributed by atoms with van der Waals surface area (Å²) < 4.78 is 17.2. The zero-order valence-electron chi connectivity index (χ0n) is 19.7. The topological polar surface area (TPSA) is 88.5 Å². The normalized spacial score (nSPS) is 18.5. The van der Waals surface area contributed by atoms with Crippen molar-refractivity contribution in [3.63, 3.8) is 0 Å². The Kier molecular flexibility index (Phi) is 7.57. The highest BCUT2D eigenvalue weighted by Crippen LogP contribution is 2.34. The minimum Gasteiger partial charge on any atom is -0.493 e. The molecule has 2 aromatic carbocycles. The molecule has 1 amide bonds. The highest BCUT2D eigenvalue weighted by atomic mass is 16.5. The monoisotopic (exact) mass is 468 g/mol. The number of piperidine rings is 1. The average Bonchev–Trinajstić information content (AvgIpc) is 2.87. The van der Waals surface area contributed by atoms with E-state index in [0.717, 1.165) is 38.0 Å². The minimum absolute atomic E-state index is 0.000222. The Morgan fingerprint density at radius 2 is 1.88 bits per heavy atom. The lowest BCUT2D eigenvalue weighted by atomic mass is 10.1. The number of nitrogens with zero attached hydrogens (tertiary/aromatic N) is 2. The predicted octanol–water partition coefficient (Wildman–Crippen LogP) is 2.92. The third-order valence-corrected chi connectivity index (χ3v) is 6.24. The number of benzene rings is 2. The molecule has 2 aliphatic heterocycles. The van der Waals surface area contributed by atoms with Crippen molar-refractivity contribution < 1.29 is 28.9 Å². The molecule has 0 spiro atoms. The van der Waals surface area contributed by atoms with E-state index < -0.39 is 12.2 Å². The molecule has 4 rings (SSSR count). The number of para-hydroxylation sites is 2. The van der Waals surface area contributed by atoms with Gasteiger partial charge in [-0.1, -0.05) is 12.1 Å². The van der Waals surface area contributed by atoms with Gasteiger partial charge in [0.05, 0.1) is 19.3 Å². The molecule has 0 aromatic heterocycles. The highest BCUT2D eigenvalue weighted by Gasteiger charge is 2.34. The van der Waals surface area contributed by atoms with Crippen LogP contribution in [0.15, 0.2) is 42.5 Å². The number of amides is 1. The lowest BCUT2D eigenvalue weighted by Gasteiger charge is -2.39. The van der Waals surface area contributed by atoms with Crippen LogP contribution >= 0.6 is 0 Å². The predicted molar refractivity (Wildman–Crippen MR) is 128 cm³/mol. The van der Waals surface area contributed by atoms with Gasteiger partial charge in [-0.2, -0.15) is 0 Å². The van der Waals surface area contributed by atoms with Gasteiger partial charge in [0.15, 0.2) is 23.4 Å². The first-order chi connectivity index (χ1) is 16.5. The van der Waals surface area contributed by atoms with Crippen molar-refractivity contribution in [2.45, 2.75) is 38.4 Å². The van der Waals surface area contributed by atoms with Gasteiger partial charge >= 0.3 is 0 Å². The molecular formula is C26H32N2O6. The van der Waals surface area contributed by atoms with Gasteiger partial charge < -0.3 is 29.1 Å². The van der Waals surface area contributed by atoms with E-state index in [1.807, 2.05) is 34.1 Å². The van der Waals surface area contributed by atoms with Crippen molar-refractivity contribution in [3.8, 4) is 17.2 Å². The second-order valence-corrected chi connectivity index (χ2v) is 8.75. The maximum absolute atomic E-state index is 13.1. The lowest BCUT2D eigenvalue weighted by Crippen LogP contribution is -2.53. The smallest absolute Gasteiger partial charge is 0.265 e. The summed E-state index contributed by atoms with van der Waals surface area (Å²) >= 11 is 0. The number of fused-ring (bicyclic) bond motifs is 1. The van der Waals surface area contributed by atoms with Gasteiger partial charge in [-0.3, -0.25) is 9.59 Å². The van der Waals surface area contributed by atoms with E-state index in [9.17, 15) is 14.7 Å². The summed E-state index contributed by atoms with van der Waals surface area (Å²) in [6, 6.07) is 12.5. The molecule has 2 atom stereocenters. The first kappa shape index (κ1) is 23.9. The van der Waals surface area contributed by atoms with E-state index in [-0.39, 0.29) is 24.8 Å². The van der Waals surface area contributed by atoms with Gasteiger partial charge in [-0.25, -0.2) is 0 Å². The molecule has 2 unspecified atom stereocenters. The Balaban J connectivity index is 1.42. The summed E-state index contributed by atoms with van der Waals surface area (Å²) in [7, 11) is 1.51. The number of aliphatic hydroxyl groups is 1. The fraction of sp³-hybridized carbons (Fsp3) is 0.462. The second kappa shape index (κ2) is 10.8. The number of carbonyl (C=O) groups excluding carboxylic acids is 2. The number of hydrogen-bond acceptors (Lipinski definition) is 7. The number of ether oxygens (including phenoxy) is 3. The molecule has 2 aromatic rings. The molecular weight excluding hydrogens is 436 g/mol. The third-order valence-electron chi connectivity index (χ3n) is 6.24. The zero-order chi connectivity index (χ0) is 24.1. The minimum atomic E-state index is -0.825. The Labute approximate surface area is 200 Å². The van der Waals surface area contributed by atoms with E-state index in [0.29, 0.717) is 29.4 Å². The number of likely N-dealkylation sites (tertiary alicyclic amines) is 1. The standard InChI is InChI=1S/C26H32N2O6/c1-18(29)19-10-11-23(24(14-19)32-2)33-17-20(30)15-28-16-25(26(31)27-12-6-3-7-13-27)34-22-9-5-4-8-21(22)28/h4-5,8-11,14,20,25,30H,3,6-7,12-13,15-17H2,1-2H3. The van der Waals surface area contributed by atoms with Crippen molar-refractivity contribution >= 4 is 17.4 Å². The van der Waals surface area contributed by atoms with Gasteiger partial charge in [0, 0.05) is 25.2 Å². The fourth-order valence-corrected chi connectivity index (χ4v) is 4.43. The molecule has 1 N–H and O–H groups in total. The molecule has 1 fully saturated rings. The van der Waals surface area contributed by atoms with Crippen LogP contribution in [-0.2, 0) is 4.79 Å². The van der Waals surface area contributed by atoms with Gasteiger partial charge in [0.2, 0.25) is 0 Å². The van der Waals surface area contributed by atoms with E-state index >= 15 is 0 Å². The van der Waals surface area contributed by atoms with Crippen molar-refractivity contribution in [2.24, 2.45) is 0 Å². The number of aliphatic hydroxyl groups excluding tert-OH is 1. The van der Waals surface area contributed by atoms with E-state index in [2.05, 4.69) is 0 Å². The first-order valence-electron chi connectivity index (χ1n) is 11.8. The van der Waals surface area contributed by atoms with Gasteiger partial charge in [0.25, 0.3) is 5.91 Å². The molecule has 8 heteroatoms. The molecule has 2 aliphatic rings. The molecule has 0 radical (unpaired) electrons. The summed E-state index contributed by atoms with van der Waals surface area (Å²) in [6.45, 7) is 3.68. The quantitative estimate of drug-likeness (QED) is 0.596. The SMILES string of the molecule is COc1cc(C(C)=O)ccc1OCC(O)CN1CC(C(=O)N2CCCCC2)Oc2ccccc21. The van der Waals surface area contributed by atoms with Crippen LogP contribution in [0.5, 0.6) is 17.2 Å². The van der Waals surface area contributed by atoms with E-state index in [1.165, 1.54) is 14.0 Å². The number of rotatable bonds is 8. The molecule has 2 heterocycles. The van der Waals surface area contributed by atoms with Crippen LogP contribution in [0.2, 0.25) is 0 Å². The summed E-state index contributed by atoms with van der Waals surface area (Å²) in [5.41, 5.74) is 1.37. The molecule has 34 heavy (non-hydrogen) atoms. The summed E-state index contributed by atoms with van der Waals surface area (Å²) in [5, 5.41) is 10.8. The van der Waals surface area contributed by atoms with Gasteiger partial charge in [-0.05, 0) is 56.5 Å². The van der Waals surface area contributed by atoms with Crippen LogP contribution in [0.3, 0.4) is 0 Å². The number of Topliss-reactive ketones (excluding diaryl/α,β-unsaturated/α-hetero) is 1. The number of anilines is 1. The highest BCUT2D eigenvalue weighted by molar-refractivity contribution is 5.94. The summed E-state index contributed by atoms with van der Waals surface area (Å²) in [5.74, 6) is 1.46. The number of β-amino-alcohol motifs (C(OH)–C–C–N with tert-alkyl or cyclic N) is 1. The van der Waals surface area contributed by atoms with Crippen LogP contribution in [0.1, 0.15) is 36.5 Å². The van der Waals surface area contributed by atoms with Crippen molar-refractivity contribution in [1.29, 1.82) is 0 Å². The van der Waals surface area contributed by atoms with Crippen molar-refractivity contribution in [1.82, 2.24) is 4.90 Å². The van der Waals surface area contributed by atoms with Crippen LogP contribution in [0.4, 0.5) is 5.69 Å². The lowest BCUT2D eigenvalue weighted by molar-refractivity contribution is -0.139. The summed E-state index contributed by atoms with van der Waals surface area (Å²) in [6.07, 6.45) is 1.75. The molecule has 0 bridgehead atoms. The van der Waals surface area contributed by atoms with Gasteiger partial charge in [0.1, 0.15) is 18.5 Å². The fourth-order valence-electron chi connectivity index (χ4n) is 4.43. The van der Waals surface area contributed by atoms with Crippen LogP contribution in [0, 0.1) is 0 Å². The molecule has 0 aliphatic carbocycles. The molecule has 8 nitrogen and oxygen atoms in total. The molecule has 182 valence electrons. The summed E-state index contributed by atoms with van der Waals surface area (Å²) in [4.78, 5) is 28.6. The van der Waals surface area contributed by atoms with Crippen LogP contribution in [-0.4, -0.2) is 73.8 Å². The Morgan fingerprint density at radius 1 is 1.12 bits per heavy atom. The molecule has 0 saturated carbocycles. The maximum Gasteiger partial charge on any atom is 0.265 e. The second-order valence-electron chi connectivity index (χ2n) is 8.75. The number of ketones is 1. The van der Waals surface area contributed by atoms with E-state index in [4.69, 9.17) is 14.2 Å². The zero-order valence-corrected chi connectivity index (χ0v) is 19.7. The average molecular weight is 469 g/mol. The molecule has 1 saturated heterocycles.